The minimum atomic E-state index is -0.176. The van der Waals surface area contributed by atoms with Gasteiger partial charge in [0.2, 0.25) is 5.75 Å². The number of nitrogens with zero attached hydrogens (tertiary/aromatic N) is 1. The topological polar surface area (TPSA) is 48.0 Å². The van der Waals surface area contributed by atoms with Crippen LogP contribution in [0.1, 0.15) is 17.3 Å². The van der Waals surface area contributed by atoms with E-state index in [4.69, 9.17) is 20.6 Å². The quantitative estimate of drug-likeness (QED) is 0.744. The molecule has 0 unspecified atom stereocenters. The zero-order valence-electron chi connectivity index (χ0n) is 12.2. The van der Waals surface area contributed by atoms with Crippen LogP contribution in [0.2, 0.25) is 0 Å². The van der Waals surface area contributed by atoms with Gasteiger partial charge in [0.25, 0.3) is 5.91 Å². The third kappa shape index (κ3) is 3.15. The number of methoxy groups -OCH3 is 3. The first kappa shape index (κ1) is 15.7. The molecule has 0 heterocycles. The van der Waals surface area contributed by atoms with Gasteiger partial charge < -0.3 is 19.1 Å². The van der Waals surface area contributed by atoms with E-state index in [2.05, 4.69) is 5.92 Å². The molecule has 0 bridgehead atoms. The minimum absolute atomic E-state index is 0.176. The molecule has 5 nitrogen and oxygen atoms in total. The van der Waals surface area contributed by atoms with Crippen LogP contribution in [0, 0.1) is 12.3 Å². The first-order valence-electron chi connectivity index (χ1n) is 6.15. The molecule has 0 atom stereocenters. The van der Waals surface area contributed by atoms with Crippen LogP contribution in [0.5, 0.6) is 17.2 Å². The van der Waals surface area contributed by atoms with E-state index in [0.717, 1.165) is 0 Å². The number of terminal acetylenes is 1. The molecule has 0 spiro atoms. The van der Waals surface area contributed by atoms with Gasteiger partial charge in [-0.25, -0.2) is 0 Å². The van der Waals surface area contributed by atoms with E-state index in [1.807, 2.05) is 6.92 Å². The Labute approximate surface area is 119 Å². The smallest absolute Gasteiger partial charge is 0.254 e. The predicted octanol–water partition coefficient (Wildman–Crippen LogP) is 1.81. The van der Waals surface area contributed by atoms with Crippen molar-refractivity contribution in [3.05, 3.63) is 17.7 Å². The summed E-state index contributed by atoms with van der Waals surface area (Å²) in [6.45, 7) is 2.65. The normalized spacial score (nSPS) is 9.55. The van der Waals surface area contributed by atoms with Gasteiger partial charge in [-0.05, 0) is 19.1 Å². The molecule has 0 fully saturated rings. The van der Waals surface area contributed by atoms with E-state index >= 15 is 0 Å². The van der Waals surface area contributed by atoms with Crippen LogP contribution in [0.25, 0.3) is 0 Å². The number of amides is 1. The molecule has 1 aromatic rings. The van der Waals surface area contributed by atoms with Crippen LogP contribution in [0.4, 0.5) is 0 Å². The Bertz CT molecular complexity index is 494. The number of benzene rings is 1. The summed E-state index contributed by atoms with van der Waals surface area (Å²) < 4.78 is 15.7. The van der Waals surface area contributed by atoms with E-state index < -0.39 is 0 Å². The Hall–Kier alpha value is -2.35. The molecule has 5 heteroatoms. The summed E-state index contributed by atoms with van der Waals surface area (Å²) >= 11 is 0. The number of carbonyl (C=O) groups excluding carboxylic acids is 1. The van der Waals surface area contributed by atoms with Gasteiger partial charge in [0, 0.05) is 12.1 Å². The first-order valence-corrected chi connectivity index (χ1v) is 6.15. The lowest BCUT2D eigenvalue weighted by atomic mass is 10.1. The van der Waals surface area contributed by atoms with Crippen LogP contribution in [-0.4, -0.2) is 45.2 Å². The zero-order valence-corrected chi connectivity index (χ0v) is 12.2. The summed E-state index contributed by atoms with van der Waals surface area (Å²) in [5.74, 6) is 3.62. The monoisotopic (exact) mass is 277 g/mol. The molecule has 0 saturated heterocycles. The molecular weight excluding hydrogens is 258 g/mol. The summed E-state index contributed by atoms with van der Waals surface area (Å²) in [5, 5.41) is 0. The van der Waals surface area contributed by atoms with E-state index in [-0.39, 0.29) is 12.5 Å². The van der Waals surface area contributed by atoms with Crippen molar-refractivity contribution >= 4 is 5.91 Å². The van der Waals surface area contributed by atoms with Crippen LogP contribution in [-0.2, 0) is 0 Å². The Balaban J connectivity index is 3.25. The first-order chi connectivity index (χ1) is 9.62. The van der Waals surface area contributed by atoms with Crippen molar-refractivity contribution in [1.29, 1.82) is 0 Å². The maximum absolute atomic E-state index is 12.4. The maximum atomic E-state index is 12.4. The second-order valence-corrected chi connectivity index (χ2v) is 3.94. The van der Waals surface area contributed by atoms with Crippen molar-refractivity contribution in [2.75, 3.05) is 34.4 Å². The molecule has 0 N–H and O–H groups in total. The molecule has 0 saturated carbocycles. The Kier molecular flexibility index (Phi) is 5.73. The highest BCUT2D eigenvalue weighted by Gasteiger charge is 2.19. The second-order valence-electron chi connectivity index (χ2n) is 3.94. The lowest BCUT2D eigenvalue weighted by molar-refractivity contribution is 0.0784. The van der Waals surface area contributed by atoms with Crippen molar-refractivity contribution < 1.29 is 19.0 Å². The largest absolute Gasteiger partial charge is 0.493 e. The van der Waals surface area contributed by atoms with Gasteiger partial charge in [0.05, 0.1) is 27.9 Å². The van der Waals surface area contributed by atoms with E-state index in [9.17, 15) is 4.79 Å². The minimum Gasteiger partial charge on any atom is -0.493 e. The van der Waals surface area contributed by atoms with E-state index in [0.29, 0.717) is 29.4 Å². The number of ether oxygens (including phenoxy) is 3. The molecule has 0 aromatic heterocycles. The molecule has 1 amide bonds. The fraction of sp³-hybridized carbons (Fsp3) is 0.400. The molecule has 0 aliphatic heterocycles. The van der Waals surface area contributed by atoms with Crippen LogP contribution >= 0.6 is 0 Å². The zero-order chi connectivity index (χ0) is 15.1. The number of hydrogen-bond acceptors (Lipinski definition) is 4. The summed E-state index contributed by atoms with van der Waals surface area (Å²) in [5.41, 5.74) is 0.441. The Morgan fingerprint density at radius 1 is 1.20 bits per heavy atom. The maximum Gasteiger partial charge on any atom is 0.254 e. The van der Waals surface area contributed by atoms with Gasteiger partial charge >= 0.3 is 0 Å². The molecular formula is C15H19NO4. The van der Waals surface area contributed by atoms with Crippen LogP contribution in [0.15, 0.2) is 12.1 Å². The summed E-state index contributed by atoms with van der Waals surface area (Å²) in [6, 6.07) is 3.23. The van der Waals surface area contributed by atoms with Crippen LogP contribution < -0.4 is 14.2 Å². The highest BCUT2D eigenvalue weighted by atomic mass is 16.5. The Morgan fingerprint density at radius 2 is 1.75 bits per heavy atom. The van der Waals surface area contributed by atoms with Gasteiger partial charge in [-0.2, -0.15) is 0 Å². The molecule has 0 radical (unpaired) electrons. The van der Waals surface area contributed by atoms with Crippen LogP contribution in [0.3, 0.4) is 0 Å². The van der Waals surface area contributed by atoms with Gasteiger partial charge in [-0.3, -0.25) is 4.79 Å². The van der Waals surface area contributed by atoms with Crippen molar-refractivity contribution in [3.8, 4) is 29.6 Å². The van der Waals surface area contributed by atoms with Gasteiger partial charge in [-0.1, -0.05) is 5.92 Å². The standard InChI is InChI=1S/C15H19NO4/c1-6-8-16(7-2)15(17)11-9-12(18-3)14(20-5)13(10-11)19-4/h1,9-10H,7-8H2,2-5H3. The number of rotatable bonds is 6. The van der Waals surface area contributed by atoms with Crippen molar-refractivity contribution in [2.24, 2.45) is 0 Å². The highest BCUT2D eigenvalue weighted by Crippen LogP contribution is 2.38. The molecule has 1 rings (SSSR count). The van der Waals surface area contributed by atoms with E-state index in [1.165, 1.54) is 21.3 Å². The summed E-state index contributed by atoms with van der Waals surface area (Å²) in [4.78, 5) is 13.9. The Morgan fingerprint density at radius 3 is 2.10 bits per heavy atom. The number of carbonyl (C=O) groups is 1. The lowest BCUT2D eigenvalue weighted by Gasteiger charge is -2.20. The molecule has 0 aliphatic carbocycles. The van der Waals surface area contributed by atoms with Gasteiger partial charge in [0.15, 0.2) is 11.5 Å². The highest BCUT2D eigenvalue weighted by molar-refractivity contribution is 5.95. The van der Waals surface area contributed by atoms with E-state index in [1.54, 1.807) is 17.0 Å². The second kappa shape index (κ2) is 7.29. The van der Waals surface area contributed by atoms with Crippen molar-refractivity contribution in [1.82, 2.24) is 4.90 Å². The van der Waals surface area contributed by atoms with Crippen molar-refractivity contribution in [2.45, 2.75) is 6.92 Å². The number of hydrogen-bond donors (Lipinski definition) is 0. The fourth-order valence-electron chi connectivity index (χ4n) is 1.82. The fourth-order valence-corrected chi connectivity index (χ4v) is 1.82. The van der Waals surface area contributed by atoms with Gasteiger partial charge in [0.1, 0.15) is 0 Å². The molecule has 20 heavy (non-hydrogen) atoms. The lowest BCUT2D eigenvalue weighted by Crippen LogP contribution is -2.31. The SMILES string of the molecule is C#CCN(CC)C(=O)c1cc(OC)c(OC)c(OC)c1. The van der Waals surface area contributed by atoms with Crippen molar-refractivity contribution in [3.63, 3.8) is 0 Å². The average Bonchev–Trinajstić information content (AvgIpc) is 2.50. The third-order valence-corrected chi connectivity index (χ3v) is 2.86. The molecule has 0 aliphatic rings. The summed E-state index contributed by atoms with van der Waals surface area (Å²) in [6.07, 6.45) is 5.27. The third-order valence-electron chi connectivity index (χ3n) is 2.86. The predicted molar refractivity (Wildman–Crippen MR) is 76.5 cm³/mol. The molecule has 1 aromatic carbocycles. The van der Waals surface area contributed by atoms with Gasteiger partial charge in [-0.15, -0.1) is 6.42 Å². The summed E-state index contributed by atoms with van der Waals surface area (Å²) in [7, 11) is 4.52. The molecule has 108 valence electrons. The average molecular weight is 277 g/mol.